The van der Waals surface area contributed by atoms with E-state index in [1.54, 1.807) is 17.7 Å². The molecule has 2 saturated heterocycles. The highest BCUT2D eigenvalue weighted by molar-refractivity contribution is 7.16. The minimum Gasteiger partial charge on any atom is -0.353 e. The Morgan fingerprint density at radius 1 is 0.800 bits per heavy atom. The van der Waals surface area contributed by atoms with Crippen molar-refractivity contribution < 1.29 is 4.79 Å². The lowest BCUT2D eigenvalue weighted by molar-refractivity contribution is -0.134. The summed E-state index contributed by atoms with van der Waals surface area (Å²) in [6, 6.07) is 17.2. The van der Waals surface area contributed by atoms with Gasteiger partial charge in [0, 0.05) is 58.9 Å². The van der Waals surface area contributed by atoms with Gasteiger partial charge in [0.1, 0.15) is 17.0 Å². The van der Waals surface area contributed by atoms with Gasteiger partial charge in [0.15, 0.2) is 0 Å². The Kier molecular flexibility index (Phi) is 6.33. The van der Waals surface area contributed by atoms with Gasteiger partial charge in [-0.15, -0.1) is 11.3 Å². The Morgan fingerprint density at radius 3 is 2.43 bits per heavy atom. The van der Waals surface area contributed by atoms with Crippen LogP contribution >= 0.6 is 11.3 Å². The molecule has 35 heavy (non-hydrogen) atoms. The fourth-order valence-corrected chi connectivity index (χ4v) is 5.99. The molecule has 2 aliphatic rings. The molecule has 0 aliphatic carbocycles. The van der Waals surface area contributed by atoms with Gasteiger partial charge in [0.2, 0.25) is 5.91 Å². The number of carbonyl (C=O) groups excluding carboxylic acids is 1. The van der Waals surface area contributed by atoms with Crippen molar-refractivity contribution in [3.05, 3.63) is 65.8 Å². The van der Waals surface area contributed by atoms with E-state index in [4.69, 9.17) is 0 Å². The predicted molar refractivity (Wildman–Crippen MR) is 142 cm³/mol. The number of piperazine rings is 2. The van der Waals surface area contributed by atoms with Crippen molar-refractivity contribution in [3.63, 3.8) is 0 Å². The molecule has 4 aromatic rings. The summed E-state index contributed by atoms with van der Waals surface area (Å²) in [6.07, 6.45) is 1.66. The Morgan fingerprint density at radius 2 is 1.57 bits per heavy atom. The number of aromatic nitrogens is 2. The van der Waals surface area contributed by atoms with Gasteiger partial charge in [-0.05, 0) is 27.8 Å². The first-order valence-electron chi connectivity index (χ1n) is 12.4. The number of hydrogen-bond donors (Lipinski definition) is 0. The number of nitrogens with zero attached hydrogens (tertiary/aromatic N) is 6. The summed E-state index contributed by atoms with van der Waals surface area (Å²) in [5.41, 5.74) is 1.36. The van der Waals surface area contributed by atoms with Crippen LogP contribution < -0.4 is 4.90 Å². The molecule has 0 N–H and O–H groups in total. The maximum Gasteiger partial charge on any atom is 0.236 e. The van der Waals surface area contributed by atoms with Crippen molar-refractivity contribution >= 4 is 44.1 Å². The third kappa shape index (κ3) is 4.74. The molecular weight excluding hydrogens is 456 g/mol. The van der Waals surface area contributed by atoms with Gasteiger partial charge in [0.05, 0.1) is 11.9 Å². The number of amides is 1. The minimum atomic E-state index is 0.255. The lowest BCUT2D eigenvalue weighted by atomic mass is 10.0. The zero-order valence-electron chi connectivity index (χ0n) is 19.8. The van der Waals surface area contributed by atoms with E-state index in [1.807, 2.05) is 4.90 Å². The predicted octanol–water partition coefficient (Wildman–Crippen LogP) is 3.31. The van der Waals surface area contributed by atoms with Gasteiger partial charge >= 0.3 is 0 Å². The lowest BCUT2D eigenvalue weighted by Gasteiger charge is -2.38. The summed E-state index contributed by atoms with van der Waals surface area (Å²) in [6.45, 7) is 8.43. The zero-order valence-corrected chi connectivity index (χ0v) is 20.7. The Bertz CT molecular complexity index is 1320. The van der Waals surface area contributed by atoms with Gasteiger partial charge in [-0.3, -0.25) is 14.6 Å². The molecule has 180 valence electrons. The number of anilines is 1. The van der Waals surface area contributed by atoms with E-state index in [0.29, 0.717) is 6.54 Å². The van der Waals surface area contributed by atoms with Crippen molar-refractivity contribution in [2.75, 3.05) is 63.8 Å². The van der Waals surface area contributed by atoms with Crippen molar-refractivity contribution in [2.45, 2.75) is 6.54 Å². The third-order valence-electron chi connectivity index (χ3n) is 7.27. The smallest absolute Gasteiger partial charge is 0.236 e. The number of rotatable bonds is 5. The van der Waals surface area contributed by atoms with E-state index in [1.165, 1.54) is 16.3 Å². The second kappa shape index (κ2) is 9.89. The summed E-state index contributed by atoms with van der Waals surface area (Å²) in [5, 5.41) is 5.82. The first-order chi connectivity index (χ1) is 17.2. The molecule has 6 rings (SSSR count). The molecule has 4 heterocycles. The first-order valence-corrected chi connectivity index (χ1v) is 13.2. The first kappa shape index (κ1) is 22.4. The zero-order chi connectivity index (χ0) is 23.6. The topological polar surface area (TPSA) is 55.8 Å². The van der Waals surface area contributed by atoms with Crippen LogP contribution in [-0.4, -0.2) is 89.5 Å². The van der Waals surface area contributed by atoms with Crippen LogP contribution in [0.4, 0.5) is 5.82 Å². The second-order valence-electron chi connectivity index (χ2n) is 9.40. The number of thiophene rings is 1. The molecule has 2 aromatic carbocycles. The summed E-state index contributed by atoms with van der Waals surface area (Å²) in [4.78, 5) is 32.1. The SMILES string of the molecule is O=C(CN1CCN(c2ncnc3sccc23)CC1)N1CCN(Cc2cccc3ccccc23)CC1. The van der Waals surface area contributed by atoms with Gasteiger partial charge < -0.3 is 9.80 Å². The summed E-state index contributed by atoms with van der Waals surface area (Å²) in [5.74, 6) is 1.27. The standard InChI is InChI=1S/C27H30N6OS/c34-25(19-31-11-15-33(16-12-31)26-24-8-17-35-27(24)29-20-28-26)32-13-9-30(10-14-32)18-22-6-3-5-21-4-1-2-7-23(21)22/h1-8,17,20H,9-16,18-19H2. The van der Waals surface area contributed by atoms with Crippen LogP contribution in [-0.2, 0) is 11.3 Å². The molecule has 0 spiro atoms. The van der Waals surface area contributed by atoms with E-state index < -0.39 is 0 Å². The molecule has 1 amide bonds. The normalized spacial score (nSPS) is 17.9. The molecule has 8 heteroatoms. The van der Waals surface area contributed by atoms with Crippen LogP contribution in [0.1, 0.15) is 5.56 Å². The monoisotopic (exact) mass is 486 g/mol. The van der Waals surface area contributed by atoms with E-state index in [2.05, 4.69) is 78.6 Å². The van der Waals surface area contributed by atoms with Gasteiger partial charge in [-0.25, -0.2) is 9.97 Å². The Labute approximate surface area is 209 Å². The molecule has 0 atom stereocenters. The lowest BCUT2D eigenvalue weighted by Crippen LogP contribution is -2.53. The van der Waals surface area contributed by atoms with Crippen LogP contribution in [0.15, 0.2) is 60.2 Å². The highest BCUT2D eigenvalue weighted by atomic mass is 32.1. The summed E-state index contributed by atoms with van der Waals surface area (Å²) >= 11 is 1.65. The van der Waals surface area contributed by atoms with Crippen LogP contribution in [0.25, 0.3) is 21.0 Å². The largest absolute Gasteiger partial charge is 0.353 e. The van der Waals surface area contributed by atoms with E-state index in [0.717, 1.165) is 74.9 Å². The third-order valence-corrected chi connectivity index (χ3v) is 8.09. The highest BCUT2D eigenvalue weighted by Crippen LogP contribution is 2.27. The molecule has 2 aromatic heterocycles. The minimum absolute atomic E-state index is 0.255. The number of hydrogen-bond acceptors (Lipinski definition) is 7. The number of carbonyl (C=O) groups is 1. The highest BCUT2D eigenvalue weighted by Gasteiger charge is 2.26. The summed E-state index contributed by atoms with van der Waals surface area (Å²) in [7, 11) is 0. The summed E-state index contributed by atoms with van der Waals surface area (Å²) < 4.78 is 0. The van der Waals surface area contributed by atoms with Crippen molar-refractivity contribution in [1.29, 1.82) is 0 Å². The van der Waals surface area contributed by atoms with Crippen molar-refractivity contribution in [2.24, 2.45) is 0 Å². The molecule has 7 nitrogen and oxygen atoms in total. The quantitative estimate of drug-likeness (QED) is 0.432. The van der Waals surface area contributed by atoms with Crippen molar-refractivity contribution in [3.8, 4) is 0 Å². The van der Waals surface area contributed by atoms with Crippen molar-refractivity contribution in [1.82, 2.24) is 24.7 Å². The number of benzene rings is 2. The van der Waals surface area contributed by atoms with Crippen LogP contribution in [0.5, 0.6) is 0 Å². The fourth-order valence-electron chi connectivity index (χ4n) is 5.26. The van der Waals surface area contributed by atoms with Gasteiger partial charge in [0.25, 0.3) is 0 Å². The Balaban J connectivity index is 0.993. The van der Waals surface area contributed by atoms with E-state index in [9.17, 15) is 4.79 Å². The molecule has 2 fully saturated rings. The maximum atomic E-state index is 13.0. The van der Waals surface area contributed by atoms with Crippen LogP contribution in [0.2, 0.25) is 0 Å². The molecule has 2 aliphatic heterocycles. The van der Waals surface area contributed by atoms with E-state index in [-0.39, 0.29) is 5.91 Å². The van der Waals surface area contributed by atoms with Gasteiger partial charge in [-0.1, -0.05) is 42.5 Å². The number of fused-ring (bicyclic) bond motifs is 2. The second-order valence-corrected chi connectivity index (χ2v) is 10.3. The average molecular weight is 487 g/mol. The Hall–Kier alpha value is -3.07. The van der Waals surface area contributed by atoms with Gasteiger partial charge in [-0.2, -0.15) is 0 Å². The van der Waals surface area contributed by atoms with Crippen LogP contribution in [0, 0.1) is 0 Å². The van der Waals surface area contributed by atoms with Crippen LogP contribution in [0.3, 0.4) is 0 Å². The molecular formula is C27H30N6OS. The fraction of sp³-hybridized carbons (Fsp3) is 0.370. The molecule has 0 radical (unpaired) electrons. The van der Waals surface area contributed by atoms with E-state index >= 15 is 0 Å². The molecule has 0 saturated carbocycles. The molecule has 0 unspecified atom stereocenters. The average Bonchev–Trinajstić information content (AvgIpc) is 3.39. The maximum absolute atomic E-state index is 13.0. The molecule has 0 bridgehead atoms.